The minimum absolute atomic E-state index is 0.0126. The van der Waals surface area contributed by atoms with E-state index < -0.39 is 19.9 Å². The maximum Gasteiger partial charge on any atom is 0.241 e. The van der Waals surface area contributed by atoms with Gasteiger partial charge in [-0.25, -0.2) is 21.6 Å². The SMILES string of the molecule is CCS(=O)(=O)CCNS(=O)(=O)c1cc(N)ccc1Br. The lowest BCUT2D eigenvalue weighted by Gasteiger charge is -2.09. The smallest absolute Gasteiger partial charge is 0.241 e. The van der Waals surface area contributed by atoms with Crippen LogP contribution in [0.2, 0.25) is 0 Å². The first-order valence-corrected chi connectivity index (χ1v) is 9.53. The van der Waals surface area contributed by atoms with E-state index in [-0.39, 0.29) is 22.9 Å². The second kappa shape index (κ2) is 6.21. The van der Waals surface area contributed by atoms with Gasteiger partial charge in [0.2, 0.25) is 10.0 Å². The third-order valence-electron chi connectivity index (χ3n) is 2.39. The number of benzene rings is 1. The van der Waals surface area contributed by atoms with Crippen LogP contribution in [-0.4, -0.2) is 34.9 Å². The summed E-state index contributed by atoms with van der Waals surface area (Å²) in [6.07, 6.45) is 0. The molecule has 1 aromatic rings. The standard InChI is InChI=1S/C10H15BrN2O4S2/c1-2-18(14,15)6-5-13-19(16,17)10-7-8(12)3-4-9(10)11/h3-4,7,13H,2,5-6,12H2,1H3. The number of nitrogens with two attached hydrogens (primary N) is 1. The van der Waals surface area contributed by atoms with Crippen molar-refractivity contribution < 1.29 is 16.8 Å². The van der Waals surface area contributed by atoms with Gasteiger partial charge in [-0.05, 0) is 34.1 Å². The number of sulfone groups is 1. The molecule has 0 saturated carbocycles. The van der Waals surface area contributed by atoms with Gasteiger partial charge in [0, 0.05) is 22.5 Å². The van der Waals surface area contributed by atoms with E-state index in [0.29, 0.717) is 10.2 Å². The summed E-state index contributed by atoms with van der Waals surface area (Å²) in [5.74, 6) is -0.251. The summed E-state index contributed by atoms with van der Waals surface area (Å²) in [5.41, 5.74) is 5.84. The summed E-state index contributed by atoms with van der Waals surface area (Å²) in [7, 11) is -6.99. The van der Waals surface area contributed by atoms with Crippen LogP contribution < -0.4 is 10.5 Å². The van der Waals surface area contributed by atoms with Gasteiger partial charge in [-0.3, -0.25) is 0 Å². The summed E-state index contributed by atoms with van der Waals surface area (Å²) < 4.78 is 49.1. The minimum Gasteiger partial charge on any atom is -0.399 e. The molecular weight excluding hydrogens is 356 g/mol. The van der Waals surface area contributed by atoms with Crippen molar-refractivity contribution in [2.75, 3.05) is 23.8 Å². The van der Waals surface area contributed by atoms with Crippen molar-refractivity contribution in [3.05, 3.63) is 22.7 Å². The number of hydrogen-bond donors (Lipinski definition) is 2. The maximum absolute atomic E-state index is 12.0. The Bertz CT molecular complexity index is 656. The zero-order valence-corrected chi connectivity index (χ0v) is 13.5. The van der Waals surface area contributed by atoms with Gasteiger partial charge < -0.3 is 5.73 Å². The van der Waals surface area contributed by atoms with E-state index in [1.807, 2.05) is 0 Å². The number of nitrogen functional groups attached to an aromatic ring is 1. The Labute approximate surface area is 121 Å². The van der Waals surface area contributed by atoms with Crippen LogP contribution in [0.15, 0.2) is 27.6 Å². The summed E-state index contributed by atoms with van der Waals surface area (Å²) in [6.45, 7) is 1.35. The third-order valence-corrected chi connectivity index (χ3v) is 6.55. The van der Waals surface area contributed by atoms with Gasteiger partial charge in [0.25, 0.3) is 0 Å². The Balaban J connectivity index is 2.85. The van der Waals surface area contributed by atoms with E-state index in [0.717, 1.165) is 0 Å². The molecule has 19 heavy (non-hydrogen) atoms. The summed E-state index contributed by atoms with van der Waals surface area (Å²) in [5, 5.41) is 0. The molecule has 0 bridgehead atoms. The fourth-order valence-electron chi connectivity index (χ4n) is 1.28. The molecule has 0 aliphatic carbocycles. The largest absolute Gasteiger partial charge is 0.399 e. The Morgan fingerprint density at radius 2 is 1.89 bits per heavy atom. The monoisotopic (exact) mass is 370 g/mol. The van der Waals surface area contributed by atoms with Crippen LogP contribution in [0.25, 0.3) is 0 Å². The van der Waals surface area contributed by atoms with Crippen LogP contribution in [0.5, 0.6) is 0 Å². The molecule has 0 aromatic heterocycles. The first kappa shape index (κ1) is 16.4. The Morgan fingerprint density at radius 1 is 1.26 bits per heavy atom. The quantitative estimate of drug-likeness (QED) is 0.718. The van der Waals surface area contributed by atoms with E-state index in [4.69, 9.17) is 5.73 Å². The third kappa shape index (κ3) is 4.75. The van der Waals surface area contributed by atoms with Gasteiger partial charge in [-0.15, -0.1) is 0 Å². The average molecular weight is 371 g/mol. The van der Waals surface area contributed by atoms with Crippen LogP contribution in [0.4, 0.5) is 5.69 Å². The molecule has 0 aliphatic rings. The van der Waals surface area contributed by atoms with Gasteiger partial charge in [0.1, 0.15) is 0 Å². The van der Waals surface area contributed by atoms with E-state index in [2.05, 4.69) is 20.7 Å². The maximum atomic E-state index is 12.0. The molecule has 108 valence electrons. The van der Waals surface area contributed by atoms with Crippen LogP contribution >= 0.6 is 15.9 Å². The Morgan fingerprint density at radius 3 is 2.47 bits per heavy atom. The Kier molecular flexibility index (Phi) is 5.36. The van der Waals surface area contributed by atoms with Crippen LogP contribution in [0, 0.1) is 0 Å². The van der Waals surface area contributed by atoms with Crippen LogP contribution in [-0.2, 0) is 19.9 Å². The van der Waals surface area contributed by atoms with Crippen molar-refractivity contribution >= 4 is 41.5 Å². The second-order valence-corrected chi connectivity index (χ2v) is 8.89. The van der Waals surface area contributed by atoms with Crippen molar-refractivity contribution in [2.24, 2.45) is 0 Å². The summed E-state index contributed by atoms with van der Waals surface area (Å²) >= 11 is 3.12. The molecule has 0 saturated heterocycles. The second-order valence-electron chi connectivity index (χ2n) is 3.82. The number of hydrogen-bond acceptors (Lipinski definition) is 5. The fraction of sp³-hybridized carbons (Fsp3) is 0.400. The zero-order chi connectivity index (χ0) is 14.7. The van der Waals surface area contributed by atoms with Gasteiger partial charge in [0.05, 0.1) is 10.6 Å². The molecule has 0 heterocycles. The minimum atomic E-state index is -3.79. The van der Waals surface area contributed by atoms with Crippen molar-refractivity contribution in [1.82, 2.24) is 4.72 Å². The molecule has 0 fully saturated rings. The van der Waals surface area contributed by atoms with Gasteiger partial charge in [-0.2, -0.15) is 0 Å². The highest BCUT2D eigenvalue weighted by Crippen LogP contribution is 2.23. The molecule has 3 N–H and O–H groups in total. The van der Waals surface area contributed by atoms with E-state index in [1.165, 1.54) is 19.1 Å². The molecule has 0 amide bonds. The molecule has 1 aromatic carbocycles. The zero-order valence-electron chi connectivity index (χ0n) is 10.3. The highest BCUT2D eigenvalue weighted by molar-refractivity contribution is 9.10. The number of nitrogens with one attached hydrogen (secondary N) is 1. The topological polar surface area (TPSA) is 106 Å². The number of rotatable bonds is 6. The van der Waals surface area contributed by atoms with Gasteiger partial charge in [-0.1, -0.05) is 6.92 Å². The predicted octanol–water partition coefficient (Wildman–Crippen LogP) is 0.744. The average Bonchev–Trinajstić information content (AvgIpc) is 2.31. The molecule has 0 spiro atoms. The first-order chi connectivity index (χ1) is 8.68. The molecule has 6 nitrogen and oxygen atoms in total. The molecule has 1 rings (SSSR count). The van der Waals surface area contributed by atoms with Crippen LogP contribution in [0.3, 0.4) is 0 Å². The lowest BCUT2D eigenvalue weighted by Crippen LogP contribution is -2.30. The summed E-state index contributed by atoms with van der Waals surface area (Å²) in [4.78, 5) is -0.0126. The molecule has 0 atom stereocenters. The van der Waals surface area contributed by atoms with Crippen LogP contribution in [0.1, 0.15) is 6.92 Å². The lowest BCUT2D eigenvalue weighted by atomic mass is 10.3. The van der Waals surface area contributed by atoms with Crippen molar-refractivity contribution in [2.45, 2.75) is 11.8 Å². The highest BCUT2D eigenvalue weighted by atomic mass is 79.9. The van der Waals surface area contributed by atoms with E-state index in [1.54, 1.807) is 6.07 Å². The van der Waals surface area contributed by atoms with Crippen molar-refractivity contribution in [3.63, 3.8) is 0 Å². The first-order valence-electron chi connectivity index (χ1n) is 5.43. The summed E-state index contributed by atoms with van der Waals surface area (Å²) in [6, 6.07) is 4.39. The molecule has 0 aliphatic heterocycles. The predicted molar refractivity (Wildman–Crippen MR) is 78.1 cm³/mol. The van der Waals surface area contributed by atoms with Crippen molar-refractivity contribution in [3.8, 4) is 0 Å². The molecule has 0 radical (unpaired) electrons. The van der Waals surface area contributed by atoms with Gasteiger partial charge >= 0.3 is 0 Å². The number of sulfonamides is 1. The van der Waals surface area contributed by atoms with E-state index >= 15 is 0 Å². The van der Waals surface area contributed by atoms with Gasteiger partial charge in [0.15, 0.2) is 9.84 Å². The fourth-order valence-corrected chi connectivity index (χ4v) is 4.14. The van der Waals surface area contributed by atoms with Crippen molar-refractivity contribution in [1.29, 1.82) is 0 Å². The number of halogens is 1. The molecular formula is C10H15BrN2O4S2. The van der Waals surface area contributed by atoms with E-state index in [9.17, 15) is 16.8 Å². The Hall–Kier alpha value is -0.640. The molecule has 0 unspecified atom stereocenters. The molecule has 9 heteroatoms. The highest BCUT2D eigenvalue weighted by Gasteiger charge is 2.18. The lowest BCUT2D eigenvalue weighted by molar-refractivity contribution is 0.581. The number of anilines is 1. The normalized spacial score (nSPS) is 12.5.